The molecule has 6 nitrogen and oxygen atoms in total. The van der Waals surface area contributed by atoms with Gasteiger partial charge in [0.15, 0.2) is 0 Å². The van der Waals surface area contributed by atoms with Gasteiger partial charge in [-0.25, -0.2) is 9.97 Å². The van der Waals surface area contributed by atoms with E-state index >= 15 is 0 Å². The van der Waals surface area contributed by atoms with Crippen LogP contribution in [0.1, 0.15) is 18.2 Å². The van der Waals surface area contributed by atoms with Gasteiger partial charge in [0.05, 0.1) is 10.7 Å². The van der Waals surface area contributed by atoms with Crippen molar-refractivity contribution in [3.05, 3.63) is 64.2 Å². The number of hydrogen-bond acceptors (Lipinski definition) is 7. The molecular weight excluding hydrogens is 320 g/mol. The van der Waals surface area contributed by atoms with Gasteiger partial charge >= 0.3 is 0 Å². The third-order valence-electron chi connectivity index (χ3n) is 3.33. The highest BCUT2D eigenvalue weighted by Crippen LogP contribution is 2.30. The Labute approximate surface area is 144 Å². The first-order chi connectivity index (χ1) is 11.8. The van der Waals surface area contributed by atoms with E-state index < -0.39 is 0 Å². The van der Waals surface area contributed by atoms with E-state index in [-0.39, 0.29) is 0 Å². The summed E-state index contributed by atoms with van der Waals surface area (Å²) >= 11 is 1.50. The van der Waals surface area contributed by atoms with Crippen LogP contribution in [-0.2, 0) is 6.42 Å². The third-order valence-corrected chi connectivity index (χ3v) is 4.35. The Morgan fingerprint density at radius 3 is 3.00 bits per heavy atom. The molecule has 2 aromatic rings. The van der Waals surface area contributed by atoms with Crippen LogP contribution >= 0.6 is 11.8 Å². The number of pyridine rings is 1. The predicted octanol–water partition coefficient (Wildman–Crippen LogP) is 2.92. The van der Waals surface area contributed by atoms with Crippen LogP contribution in [0.3, 0.4) is 0 Å². The van der Waals surface area contributed by atoms with Gasteiger partial charge in [-0.05, 0) is 36.4 Å². The number of thioether (sulfide) groups is 1. The summed E-state index contributed by atoms with van der Waals surface area (Å²) in [4.78, 5) is 12.8. The number of nitrogens with zero attached hydrogens (tertiary/aromatic N) is 4. The van der Waals surface area contributed by atoms with Crippen LogP contribution in [0, 0.1) is 11.3 Å². The molecule has 0 unspecified atom stereocenters. The lowest BCUT2D eigenvalue weighted by atomic mass is 10.2. The molecule has 2 N–H and O–H groups in total. The fourth-order valence-corrected chi connectivity index (χ4v) is 3.02. The average molecular weight is 336 g/mol. The molecule has 24 heavy (non-hydrogen) atoms. The Bertz CT molecular complexity index is 822. The molecule has 0 bridgehead atoms. The van der Waals surface area contributed by atoms with Gasteiger partial charge in [-0.2, -0.15) is 5.26 Å². The van der Waals surface area contributed by atoms with Gasteiger partial charge in [-0.15, -0.1) is 0 Å². The van der Waals surface area contributed by atoms with Crippen molar-refractivity contribution in [1.82, 2.24) is 20.3 Å². The zero-order valence-electron chi connectivity index (χ0n) is 13.2. The minimum Gasteiger partial charge on any atom is -0.354 e. The van der Waals surface area contributed by atoms with Gasteiger partial charge < -0.3 is 10.6 Å². The molecule has 0 saturated heterocycles. The molecule has 2 aromatic heterocycles. The van der Waals surface area contributed by atoms with E-state index in [2.05, 4.69) is 31.7 Å². The lowest BCUT2D eigenvalue weighted by molar-refractivity contribution is 0.971. The van der Waals surface area contributed by atoms with Gasteiger partial charge in [0, 0.05) is 30.8 Å². The Hall–Kier alpha value is -2.85. The van der Waals surface area contributed by atoms with E-state index in [0.717, 1.165) is 22.7 Å². The molecule has 3 rings (SSSR count). The van der Waals surface area contributed by atoms with E-state index in [9.17, 15) is 5.26 Å². The number of hydrogen-bond donors (Lipinski definition) is 2. The van der Waals surface area contributed by atoms with Crippen molar-refractivity contribution in [2.24, 2.45) is 0 Å². The maximum absolute atomic E-state index is 9.47. The molecule has 0 aliphatic carbocycles. The minimum absolute atomic E-state index is 0.511. The molecule has 0 spiro atoms. The molecule has 0 aromatic carbocycles. The van der Waals surface area contributed by atoms with Crippen molar-refractivity contribution < 1.29 is 0 Å². The van der Waals surface area contributed by atoms with E-state index in [1.807, 2.05) is 30.7 Å². The summed E-state index contributed by atoms with van der Waals surface area (Å²) in [6, 6.07) is 7.92. The Morgan fingerprint density at radius 2 is 2.29 bits per heavy atom. The highest BCUT2D eigenvalue weighted by Gasteiger charge is 2.15. The number of nitriles is 1. The summed E-state index contributed by atoms with van der Waals surface area (Å²) in [6.45, 7) is 2.65. The fourth-order valence-electron chi connectivity index (χ4n) is 2.18. The van der Waals surface area contributed by atoms with Crippen molar-refractivity contribution in [2.45, 2.75) is 13.3 Å². The summed E-state index contributed by atoms with van der Waals surface area (Å²) < 4.78 is 0. The molecule has 0 fully saturated rings. The zero-order valence-corrected chi connectivity index (χ0v) is 14.0. The van der Waals surface area contributed by atoms with Gasteiger partial charge in [0.1, 0.15) is 11.6 Å². The van der Waals surface area contributed by atoms with Crippen LogP contribution in [0.4, 0.5) is 5.95 Å². The van der Waals surface area contributed by atoms with Crippen LogP contribution in [-0.4, -0.2) is 21.5 Å². The van der Waals surface area contributed by atoms with Gasteiger partial charge in [-0.3, -0.25) is 4.98 Å². The summed E-state index contributed by atoms with van der Waals surface area (Å²) in [5.41, 5.74) is 3.29. The first-order valence-electron chi connectivity index (χ1n) is 7.47. The lowest BCUT2D eigenvalue weighted by Crippen LogP contribution is -2.10. The molecule has 0 saturated carbocycles. The standard InChI is InChI=1S/C17H16N6S/c1-12-11-24-16(22-12)14(9-18)15-5-8-21-17(23-15)20-7-4-13-3-2-6-19-10-13/h2-3,5-6,8,10-11,22H,4,7H2,1H3,(H,20,21,23)/b16-14-. The van der Waals surface area contributed by atoms with Gasteiger partial charge in [-0.1, -0.05) is 17.8 Å². The third kappa shape index (κ3) is 3.91. The summed E-state index contributed by atoms with van der Waals surface area (Å²) in [5.74, 6) is 0.511. The summed E-state index contributed by atoms with van der Waals surface area (Å²) in [6.07, 6.45) is 6.09. The zero-order chi connectivity index (χ0) is 16.8. The number of rotatable bonds is 5. The van der Waals surface area contributed by atoms with Crippen molar-refractivity contribution in [3.8, 4) is 6.07 Å². The first kappa shape index (κ1) is 16.0. The lowest BCUT2D eigenvalue weighted by Gasteiger charge is -2.08. The molecule has 0 radical (unpaired) electrons. The van der Waals surface area contributed by atoms with Crippen molar-refractivity contribution in [2.75, 3.05) is 11.9 Å². The maximum atomic E-state index is 9.47. The van der Waals surface area contributed by atoms with Crippen molar-refractivity contribution in [3.63, 3.8) is 0 Å². The van der Waals surface area contributed by atoms with E-state index in [0.29, 0.717) is 23.8 Å². The van der Waals surface area contributed by atoms with Crippen molar-refractivity contribution in [1.29, 1.82) is 5.26 Å². The summed E-state index contributed by atoms with van der Waals surface area (Å²) in [5, 5.41) is 18.6. The quantitative estimate of drug-likeness (QED) is 0.812. The largest absolute Gasteiger partial charge is 0.354 e. The topological polar surface area (TPSA) is 86.5 Å². The second-order valence-electron chi connectivity index (χ2n) is 5.16. The number of nitrogens with one attached hydrogen (secondary N) is 2. The molecular formula is C17H16N6S. The fraction of sp³-hybridized carbons (Fsp3) is 0.176. The van der Waals surface area contributed by atoms with E-state index in [1.165, 1.54) is 11.8 Å². The highest BCUT2D eigenvalue weighted by atomic mass is 32.2. The number of aromatic nitrogens is 3. The molecule has 1 aliphatic rings. The van der Waals surface area contributed by atoms with Gasteiger partial charge in [0.2, 0.25) is 5.95 Å². The van der Waals surface area contributed by atoms with Gasteiger partial charge in [0.25, 0.3) is 0 Å². The summed E-state index contributed by atoms with van der Waals surface area (Å²) in [7, 11) is 0. The van der Waals surface area contributed by atoms with Crippen LogP contribution in [0.5, 0.6) is 0 Å². The Balaban J connectivity index is 1.69. The van der Waals surface area contributed by atoms with Crippen LogP contribution in [0.25, 0.3) is 5.57 Å². The molecule has 120 valence electrons. The second-order valence-corrected chi connectivity index (χ2v) is 6.04. The second kappa shape index (κ2) is 7.62. The van der Waals surface area contributed by atoms with Crippen LogP contribution in [0.15, 0.2) is 52.9 Å². The molecule has 0 atom stereocenters. The smallest absolute Gasteiger partial charge is 0.223 e. The normalized spacial score (nSPS) is 15.2. The number of allylic oxidation sites excluding steroid dienone is 2. The first-order valence-corrected chi connectivity index (χ1v) is 8.35. The van der Waals surface area contributed by atoms with Crippen LogP contribution in [0.2, 0.25) is 0 Å². The highest BCUT2D eigenvalue weighted by molar-refractivity contribution is 8.06. The van der Waals surface area contributed by atoms with E-state index in [4.69, 9.17) is 0 Å². The average Bonchev–Trinajstić information content (AvgIpc) is 3.03. The molecule has 7 heteroatoms. The van der Waals surface area contributed by atoms with E-state index in [1.54, 1.807) is 18.5 Å². The SMILES string of the molecule is CC1=CS/C(=C(/C#N)c2ccnc(NCCc3cccnc3)n2)N1. The Morgan fingerprint density at radius 1 is 1.38 bits per heavy atom. The maximum Gasteiger partial charge on any atom is 0.223 e. The Kier molecular flexibility index (Phi) is 5.08. The molecule has 3 heterocycles. The predicted molar refractivity (Wildman–Crippen MR) is 95.5 cm³/mol. The number of anilines is 1. The monoisotopic (exact) mass is 336 g/mol. The minimum atomic E-state index is 0.511. The van der Waals surface area contributed by atoms with Crippen LogP contribution < -0.4 is 10.6 Å². The molecule has 0 amide bonds. The molecule has 1 aliphatic heterocycles. The van der Waals surface area contributed by atoms with Crippen molar-refractivity contribution >= 4 is 23.3 Å².